The van der Waals surface area contributed by atoms with Gasteiger partial charge in [-0.25, -0.2) is 0 Å². The van der Waals surface area contributed by atoms with E-state index >= 15 is 0 Å². The molecule has 0 saturated heterocycles. The van der Waals surface area contributed by atoms with Crippen LogP contribution in [0.3, 0.4) is 0 Å². The summed E-state index contributed by atoms with van der Waals surface area (Å²) in [6.07, 6.45) is 0. The van der Waals surface area contributed by atoms with Crippen LogP contribution in [0.25, 0.3) is 0 Å². The molecule has 0 radical (unpaired) electrons. The lowest BCUT2D eigenvalue weighted by Gasteiger charge is -2.08. The van der Waals surface area contributed by atoms with Gasteiger partial charge >= 0.3 is 0 Å². The Morgan fingerprint density at radius 1 is 1.05 bits per heavy atom. The van der Waals surface area contributed by atoms with Crippen molar-refractivity contribution in [3.63, 3.8) is 0 Å². The second-order valence-corrected chi connectivity index (χ2v) is 5.13. The Bertz CT molecular complexity index is 571. The van der Waals surface area contributed by atoms with E-state index < -0.39 is 0 Å². The summed E-state index contributed by atoms with van der Waals surface area (Å²) in [6, 6.07) is 14.5. The molecular formula is C17H19NO2. The molecule has 0 saturated carbocycles. The molecule has 0 aliphatic heterocycles. The fourth-order valence-corrected chi connectivity index (χ4v) is 1.92. The van der Waals surface area contributed by atoms with Gasteiger partial charge in [0.1, 0.15) is 5.75 Å². The Hall–Kier alpha value is -2.29. The second-order valence-electron chi connectivity index (χ2n) is 5.13. The lowest BCUT2D eigenvalue weighted by Crippen LogP contribution is -2.22. The molecule has 0 aliphatic carbocycles. The maximum absolute atomic E-state index is 12.0. The number of carbonyl (C=O) groups excluding carboxylic acids is 1. The van der Waals surface area contributed by atoms with Crippen LogP contribution < -0.4 is 5.32 Å². The number of nitrogens with one attached hydrogen (secondary N) is 1. The molecule has 20 heavy (non-hydrogen) atoms. The highest BCUT2D eigenvalue weighted by Gasteiger charge is 2.06. The summed E-state index contributed by atoms with van der Waals surface area (Å²) >= 11 is 0. The summed E-state index contributed by atoms with van der Waals surface area (Å²) in [7, 11) is 0. The minimum atomic E-state index is -0.0895. The van der Waals surface area contributed by atoms with Crippen molar-refractivity contribution in [1.82, 2.24) is 5.32 Å². The zero-order valence-corrected chi connectivity index (χ0v) is 11.8. The fourth-order valence-electron chi connectivity index (χ4n) is 1.92. The van der Waals surface area contributed by atoms with Crippen LogP contribution in [0.4, 0.5) is 0 Å². The monoisotopic (exact) mass is 269 g/mol. The van der Waals surface area contributed by atoms with Crippen molar-refractivity contribution in [3.8, 4) is 5.75 Å². The Kier molecular flexibility index (Phi) is 4.41. The summed E-state index contributed by atoms with van der Waals surface area (Å²) < 4.78 is 0. The quantitative estimate of drug-likeness (QED) is 0.893. The maximum atomic E-state index is 12.0. The van der Waals surface area contributed by atoms with E-state index in [0.29, 0.717) is 18.0 Å². The number of phenolic OH excluding ortho intramolecular Hbond substituents is 1. The highest BCUT2D eigenvalue weighted by atomic mass is 16.3. The largest absolute Gasteiger partial charge is 0.508 e. The first-order valence-electron chi connectivity index (χ1n) is 6.72. The summed E-state index contributed by atoms with van der Waals surface area (Å²) in [5, 5.41) is 12.1. The van der Waals surface area contributed by atoms with E-state index in [9.17, 15) is 9.90 Å². The van der Waals surface area contributed by atoms with Gasteiger partial charge in [0.05, 0.1) is 0 Å². The average molecular weight is 269 g/mol. The molecule has 1 amide bonds. The molecule has 0 aromatic heterocycles. The predicted octanol–water partition coefficient (Wildman–Crippen LogP) is 3.45. The van der Waals surface area contributed by atoms with Crippen LogP contribution in [0.5, 0.6) is 5.75 Å². The second kappa shape index (κ2) is 6.24. The standard InChI is InChI=1S/C17H19NO2/c1-12(2)14-5-7-15(8-6-14)17(20)18-11-13-3-9-16(19)10-4-13/h3-10,12,19H,11H2,1-2H3,(H,18,20). The number of carbonyl (C=O) groups is 1. The van der Waals surface area contributed by atoms with Crippen molar-refractivity contribution in [2.24, 2.45) is 0 Å². The molecule has 2 aromatic rings. The van der Waals surface area contributed by atoms with Gasteiger partial charge in [-0.15, -0.1) is 0 Å². The first-order chi connectivity index (χ1) is 9.56. The van der Waals surface area contributed by atoms with Crippen LogP contribution in [-0.2, 0) is 6.54 Å². The predicted molar refractivity (Wildman–Crippen MR) is 79.8 cm³/mol. The molecule has 0 heterocycles. The maximum Gasteiger partial charge on any atom is 0.251 e. The molecule has 0 atom stereocenters. The normalized spacial score (nSPS) is 10.6. The Balaban J connectivity index is 1.96. The number of benzene rings is 2. The molecule has 0 fully saturated rings. The third-order valence-corrected chi connectivity index (χ3v) is 3.23. The lowest BCUT2D eigenvalue weighted by molar-refractivity contribution is 0.0951. The van der Waals surface area contributed by atoms with Crippen molar-refractivity contribution >= 4 is 5.91 Å². The van der Waals surface area contributed by atoms with Gasteiger partial charge < -0.3 is 10.4 Å². The third kappa shape index (κ3) is 3.60. The third-order valence-electron chi connectivity index (χ3n) is 3.23. The average Bonchev–Trinajstić information content (AvgIpc) is 2.46. The molecule has 0 bridgehead atoms. The van der Waals surface area contributed by atoms with Crippen molar-refractivity contribution in [2.75, 3.05) is 0 Å². The van der Waals surface area contributed by atoms with E-state index in [1.54, 1.807) is 24.3 Å². The highest BCUT2D eigenvalue weighted by molar-refractivity contribution is 5.94. The van der Waals surface area contributed by atoms with Crippen molar-refractivity contribution < 1.29 is 9.90 Å². The van der Waals surface area contributed by atoms with E-state index in [0.717, 1.165) is 5.56 Å². The topological polar surface area (TPSA) is 49.3 Å². The smallest absolute Gasteiger partial charge is 0.251 e. The number of rotatable bonds is 4. The Labute approximate surface area is 119 Å². The summed E-state index contributed by atoms with van der Waals surface area (Å²) in [4.78, 5) is 12.0. The molecule has 2 rings (SSSR count). The van der Waals surface area contributed by atoms with Crippen LogP contribution in [0.2, 0.25) is 0 Å². The summed E-state index contributed by atoms with van der Waals surface area (Å²) in [6.45, 7) is 4.70. The first-order valence-corrected chi connectivity index (χ1v) is 6.72. The minimum Gasteiger partial charge on any atom is -0.508 e. The van der Waals surface area contributed by atoms with Gasteiger partial charge in [0, 0.05) is 12.1 Å². The van der Waals surface area contributed by atoms with Gasteiger partial charge in [-0.3, -0.25) is 4.79 Å². The van der Waals surface area contributed by atoms with Gasteiger partial charge in [-0.2, -0.15) is 0 Å². The molecule has 3 heteroatoms. The molecular weight excluding hydrogens is 250 g/mol. The molecule has 2 aromatic carbocycles. The molecule has 2 N–H and O–H groups in total. The Morgan fingerprint density at radius 3 is 2.20 bits per heavy atom. The number of hydrogen-bond donors (Lipinski definition) is 2. The van der Waals surface area contributed by atoms with Gasteiger partial charge in [0.2, 0.25) is 0 Å². The molecule has 0 spiro atoms. The van der Waals surface area contributed by atoms with E-state index in [1.165, 1.54) is 5.56 Å². The highest BCUT2D eigenvalue weighted by Crippen LogP contribution is 2.15. The van der Waals surface area contributed by atoms with E-state index in [-0.39, 0.29) is 11.7 Å². The number of amides is 1. The van der Waals surface area contributed by atoms with Crippen molar-refractivity contribution in [2.45, 2.75) is 26.3 Å². The SMILES string of the molecule is CC(C)c1ccc(C(=O)NCc2ccc(O)cc2)cc1. The van der Waals surface area contributed by atoms with Gasteiger partial charge in [-0.1, -0.05) is 38.1 Å². The van der Waals surface area contributed by atoms with Crippen LogP contribution in [-0.4, -0.2) is 11.0 Å². The zero-order chi connectivity index (χ0) is 14.5. The van der Waals surface area contributed by atoms with E-state index in [2.05, 4.69) is 19.2 Å². The molecule has 0 aliphatic rings. The molecule has 3 nitrogen and oxygen atoms in total. The lowest BCUT2D eigenvalue weighted by atomic mass is 10.0. The van der Waals surface area contributed by atoms with Crippen molar-refractivity contribution in [3.05, 3.63) is 65.2 Å². The minimum absolute atomic E-state index is 0.0895. The van der Waals surface area contributed by atoms with E-state index in [1.807, 2.05) is 24.3 Å². The van der Waals surface area contributed by atoms with Crippen molar-refractivity contribution in [1.29, 1.82) is 0 Å². The van der Waals surface area contributed by atoms with Gasteiger partial charge in [-0.05, 0) is 41.3 Å². The summed E-state index contributed by atoms with van der Waals surface area (Å²) in [5.74, 6) is 0.599. The zero-order valence-electron chi connectivity index (χ0n) is 11.8. The number of phenols is 1. The van der Waals surface area contributed by atoms with Crippen LogP contribution in [0, 0.1) is 0 Å². The molecule has 104 valence electrons. The molecule has 0 unspecified atom stereocenters. The van der Waals surface area contributed by atoms with E-state index in [4.69, 9.17) is 0 Å². The van der Waals surface area contributed by atoms with Crippen LogP contribution >= 0.6 is 0 Å². The Morgan fingerprint density at radius 2 is 1.65 bits per heavy atom. The summed E-state index contributed by atoms with van der Waals surface area (Å²) in [5.41, 5.74) is 2.84. The van der Waals surface area contributed by atoms with Crippen LogP contribution in [0.15, 0.2) is 48.5 Å². The number of hydrogen-bond acceptors (Lipinski definition) is 2. The first kappa shape index (κ1) is 14.1. The van der Waals surface area contributed by atoms with Crippen LogP contribution in [0.1, 0.15) is 41.3 Å². The van der Waals surface area contributed by atoms with Gasteiger partial charge in [0.15, 0.2) is 0 Å². The van der Waals surface area contributed by atoms with Gasteiger partial charge in [0.25, 0.3) is 5.91 Å². The number of aromatic hydroxyl groups is 1. The fraction of sp³-hybridized carbons (Fsp3) is 0.235.